The van der Waals surface area contributed by atoms with Crippen LogP contribution in [-0.2, 0) is 6.54 Å². The lowest BCUT2D eigenvalue weighted by molar-refractivity contribution is 0.0518. The average molecular weight is 605 g/mol. The van der Waals surface area contributed by atoms with Crippen molar-refractivity contribution in [1.82, 2.24) is 24.6 Å². The van der Waals surface area contributed by atoms with Gasteiger partial charge >= 0.3 is 0 Å². The Morgan fingerprint density at radius 1 is 0.897 bits per heavy atom. The van der Waals surface area contributed by atoms with E-state index in [9.17, 15) is 9.59 Å². The Balaban J connectivity index is 1.30. The van der Waals surface area contributed by atoms with Crippen molar-refractivity contribution in [2.45, 2.75) is 6.54 Å². The van der Waals surface area contributed by atoms with Gasteiger partial charge in [-0.2, -0.15) is 5.10 Å². The molecule has 196 valence electrons. The predicted molar refractivity (Wildman–Crippen MR) is 152 cm³/mol. The fourth-order valence-corrected chi connectivity index (χ4v) is 5.16. The number of piperazine rings is 1. The molecule has 0 N–H and O–H groups in total. The molecule has 0 spiro atoms. The number of hydrogen-bond acceptors (Lipinski definition) is 5. The molecule has 39 heavy (non-hydrogen) atoms. The Bertz CT molecular complexity index is 1660. The van der Waals surface area contributed by atoms with E-state index in [1.807, 2.05) is 60.7 Å². The van der Waals surface area contributed by atoms with Gasteiger partial charge < -0.3 is 14.2 Å². The zero-order chi connectivity index (χ0) is 26.9. The van der Waals surface area contributed by atoms with E-state index in [1.54, 1.807) is 32.8 Å². The number of fused-ring (bicyclic) bond motifs is 1. The summed E-state index contributed by atoms with van der Waals surface area (Å²) in [5.74, 6) is -0.0227. The zero-order valence-corrected chi connectivity index (χ0v) is 23.1. The van der Waals surface area contributed by atoms with E-state index in [-0.39, 0.29) is 17.6 Å². The van der Waals surface area contributed by atoms with Crippen molar-refractivity contribution in [3.8, 4) is 11.3 Å². The maximum Gasteiger partial charge on any atom is 0.289 e. The Kier molecular flexibility index (Phi) is 6.93. The van der Waals surface area contributed by atoms with E-state index in [2.05, 4.69) is 21.0 Å². The van der Waals surface area contributed by atoms with Gasteiger partial charge in [0.2, 0.25) is 0 Å². The lowest BCUT2D eigenvalue weighted by Gasteiger charge is -2.34. The molecule has 0 aliphatic carbocycles. The van der Waals surface area contributed by atoms with E-state index in [0.29, 0.717) is 64.7 Å². The number of halogens is 2. The number of aromatic nitrogens is 3. The van der Waals surface area contributed by atoms with Gasteiger partial charge in [-0.15, -0.1) is 0 Å². The van der Waals surface area contributed by atoms with Crippen molar-refractivity contribution >= 4 is 50.4 Å². The molecule has 2 aromatic carbocycles. The monoisotopic (exact) mass is 603 g/mol. The molecule has 0 atom stereocenters. The largest absolute Gasteiger partial charge is 0.444 e. The minimum absolute atomic E-state index is 0.113. The fraction of sp³-hybridized carbons (Fsp3) is 0.172. The molecule has 0 unspecified atom stereocenters. The van der Waals surface area contributed by atoms with Crippen LogP contribution in [0, 0.1) is 0 Å². The number of pyridine rings is 1. The molecule has 6 rings (SSSR count). The number of benzene rings is 2. The SMILES string of the molecule is O=C(c1ccc(Br)o1)N1CCN(C(=O)c2cc(-c3ccccc3)nc3c2cnn3Cc2ccc(Cl)cc2)CC1. The first-order valence-electron chi connectivity index (χ1n) is 12.5. The molecule has 1 fully saturated rings. The van der Waals surface area contributed by atoms with Crippen LogP contribution in [-0.4, -0.2) is 62.6 Å². The van der Waals surface area contributed by atoms with E-state index in [1.165, 1.54) is 0 Å². The van der Waals surface area contributed by atoms with Crippen LogP contribution in [0.2, 0.25) is 5.02 Å². The summed E-state index contributed by atoms with van der Waals surface area (Å²) in [7, 11) is 0. The van der Waals surface area contributed by atoms with E-state index in [4.69, 9.17) is 21.0 Å². The molecule has 1 saturated heterocycles. The number of rotatable bonds is 5. The highest BCUT2D eigenvalue weighted by Gasteiger charge is 2.29. The van der Waals surface area contributed by atoms with Crippen molar-refractivity contribution in [1.29, 1.82) is 0 Å². The van der Waals surface area contributed by atoms with Crippen LogP contribution in [0.1, 0.15) is 26.5 Å². The van der Waals surface area contributed by atoms with Crippen LogP contribution in [0.15, 0.2) is 88.1 Å². The summed E-state index contributed by atoms with van der Waals surface area (Å²) >= 11 is 9.30. The number of furan rings is 1. The van der Waals surface area contributed by atoms with Gasteiger partial charge in [0.05, 0.1) is 29.4 Å². The van der Waals surface area contributed by atoms with Crippen molar-refractivity contribution < 1.29 is 14.0 Å². The van der Waals surface area contributed by atoms with Crippen LogP contribution in [0.5, 0.6) is 0 Å². The van der Waals surface area contributed by atoms with Gasteiger partial charge in [-0.25, -0.2) is 9.67 Å². The maximum absolute atomic E-state index is 13.9. The molecular formula is C29H23BrClN5O3. The lowest BCUT2D eigenvalue weighted by Crippen LogP contribution is -2.50. The van der Waals surface area contributed by atoms with Gasteiger partial charge in [0, 0.05) is 36.8 Å². The second kappa shape index (κ2) is 10.7. The molecule has 0 radical (unpaired) electrons. The summed E-state index contributed by atoms with van der Waals surface area (Å²) in [6, 6.07) is 22.5. The van der Waals surface area contributed by atoms with Crippen LogP contribution in [0.4, 0.5) is 0 Å². The first kappa shape index (κ1) is 25.3. The van der Waals surface area contributed by atoms with Gasteiger partial charge in [-0.05, 0) is 51.8 Å². The zero-order valence-electron chi connectivity index (χ0n) is 20.8. The number of carbonyl (C=O) groups excluding carboxylic acids is 2. The summed E-state index contributed by atoms with van der Waals surface area (Å²) in [4.78, 5) is 35.1. The predicted octanol–water partition coefficient (Wildman–Crippen LogP) is 5.75. The second-order valence-corrected chi connectivity index (χ2v) is 10.5. The summed E-state index contributed by atoms with van der Waals surface area (Å²) in [6.45, 7) is 2.14. The Labute approximate surface area is 237 Å². The minimum Gasteiger partial charge on any atom is -0.444 e. The average Bonchev–Trinajstić information content (AvgIpc) is 3.59. The van der Waals surface area contributed by atoms with E-state index >= 15 is 0 Å². The highest BCUT2D eigenvalue weighted by atomic mass is 79.9. The highest BCUT2D eigenvalue weighted by Crippen LogP contribution is 2.27. The van der Waals surface area contributed by atoms with Gasteiger partial charge in [-0.3, -0.25) is 9.59 Å². The summed E-state index contributed by atoms with van der Waals surface area (Å²) < 4.78 is 7.73. The third-order valence-corrected chi connectivity index (χ3v) is 7.47. The van der Waals surface area contributed by atoms with E-state index < -0.39 is 0 Å². The topological polar surface area (TPSA) is 84.5 Å². The maximum atomic E-state index is 13.9. The van der Waals surface area contributed by atoms with Crippen LogP contribution in [0.25, 0.3) is 22.3 Å². The van der Waals surface area contributed by atoms with Crippen molar-refractivity contribution in [2.24, 2.45) is 0 Å². The van der Waals surface area contributed by atoms with Gasteiger partial charge in [0.1, 0.15) is 0 Å². The second-order valence-electron chi connectivity index (χ2n) is 9.28. The molecule has 8 nitrogen and oxygen atoms in total. The molecule has 1 aliphatic heterocycles. The number of carbonyl (C=O) groups is 2. The number of nitrogens with zero attached hydrogens (tertiary/aromatic N) is 5. The Morgan fingerprint density at radius 3 is 2.26 bits per heavy atom. The third kappa shape index (κ3) is 5.20. The first-order valence-corrected chi connectivity index (χ1v) is 13.6. The standard InChI is InChI=1S/C29H23BrClN5O3/c30-26-11-10-25(39-26)29(38)35-14-12-34(13-15-35)28(37)22-16-24(20-4-2-1-3-5-20)33-27-23(22)17-32-36(27)18-19-6-8-21(31)9-7-19/h1-11,16-17H,12-15,18H2. The van der Waals surface area contributed by atoms with Gasteiger partial charge in [-0.1, -0.05) is 54.1 Å². The summed E-state index contributed by atoms with van der Waals surface area (Å²) in [5, 5.41) is 5.94. The Morgan fingerprint density at radius 2 is 1.59 bits per heavy atom. The molecular weight excluding hydrogens is 582 g/mol. The summed E-state index contributed by atoms with van der Waals surface area (Å²) in [5.41, 5.74) is 3.80. The molecule has 3 aromatic heterocycles. The van der Waals surface area contributed by atoms with Gasteiger partial charge in [0.25, 0.3) is 11.8 Å². The van der Waals surface area contributed by atoms with Crippen molar-refractivity contribution in [3.05, 3.63) is 106 Å². The van der Waals surface area contributed by atoms with Crippen LogP contribution < -0.4 is 0 Å². The number of amides is 2. The molecule has 0 saturated carbocycles. The van der Waals surface area contributed by atoms with Crippen molar-refractivity contribution in [2.75, 3.05) is 26.2 Å². The highest BCUT2D eigenvalue weighted by molar-refractivity contribution is 9.10. The summed E-state index contributed by atoms with van der Waals surface area (Å²) in [6.07, 6.45) is 1.70. The quantitative estimate of drug-likeness (QED) is 0.255. The van der Waals surface area contributed by atoms with Crippen molar-refractivity contribution in [3.63, 3.8) is 0 Å². The normalized spacial score (nSPS) is 13.7. The Hall–Kier alpha value is -3.95. The fourth-order valence-electron chi connectivity index (χ4n) is 4.73. The molecule has 0 bridgehead atoms. The molecule has 10 heteroatoms. The van der Waals surface area contributed by atoms with Gasteiger partial charge in [0.15, 0.2) is 16.1 Å². The number of hydrogen-bond donors (Lipinski definition) is 0. The first-order chi connectivity index (χ1) is 19.0. The smallest absolute Gasteiger partial charge is 0.289 e. The van der Waals surface area contributed by atoms with Crippen LogP contribution in [0.3, 0.4) is 0 Å². The van der Waals surface area contributed by atoms with E-state index in [0.717, 1.165) is 11.1 Å². The molecule has 2 amide bonds. The van der Waals surface area contributed by atoms with Crippen LogP contribution >= 0.6 is 27.5 Å². The molecule has 1 aliphatic rings. The lowest BCUT2D eigenvalue weighted by atomic mass is 10.1. The molecule has 5 aromatic rings. The third-order valence-electron chi connectivity index (χ3n) is 6.79. The minimum atomic E-state index is -0.186. The molecule has 4 heterocycles.